The van der Waals surface area contributed by atoms with E-state index in [0.29, 0.717) is 12.8 Å². The molecule has 0 amide bonds. The topological polar surface area (TPSA) is 77.4 Å². The molecule has 2 unspecified atom stereocenters. The summed E-state index contributed by atoms with van der Waals surface area (Å²) < 4.78 is 34.4. The van der Waals surface area contributed by atoms with E-state index in [4.69, 9.17) is 0 Å². The SMILES string of the molecule is CCCCCCCC(CCCCCCCCCCC(O)CCCC)S(=O)(=O)[O-].[Na+]. The number of aliphatic hydroxyl groups is 1. The zero-order chi connectivity index (χ0) is 21.1. The zero-order valence-electron chi connectivity index (χ0n) is 19.7. The summed E-state index contributed by atoms with van der Waals surface area (Å²) in [5, 5.41) is 9.14. The van der Waals surface area contributed by atoms with Crippen molar-refractivity contribution in [1.82, 2.24) is 0 Å². The van der Waals surface area contributed by atoms with Crippen LogP contribution in [0.2, 0.25) is 0 Å². The molecule has 0 aromatic heterocycles. The minimum absolute atomic E-state index is 0. The molecular formula is C23H47NaO4S. The van der Waals surface area contributed by atoms with Crippen LogP contribution < -0.4 is 29.6 Å². The Kier molecular flexibility index (Phi) is 24.4. The van der Waals surface area contributed by atoms with Crippen molar-refractivity contribution >= 4 is 10.1 Å². The minimum Gasteiger partial charge on any atom is -0.748 e. The van der Waals surface area contributed by atoms with Gasteiger partial charge >= 0.3 is 29.6 Å². The van der Waals surface area contributed by atoms with Crippen LogP contribution in [0, 0.1) is 0 Å². The fraction of sp³-hybridized carbons (Fsp3) is 1.00. The van der Waals surface area contributed by atoms with Crippen LogP contribution in [0.1, 0.15) is 136 Å². The monoisotopic (exact) mass is 442 g/mol. The van der Waals surface area contributed by atoms with Gasteiger partial charge in [0.05, 0.1) is 16.2 Å². The standard InChI is InChI=1S/C23H48O4S.Na/c1-3-5-7-12-16-20-23(28(25,26)27)21-17-14-11-9-8-10-13-15-19-22(24)18-6-4-2;/h22-24H,3-21H2,1-2H3,(H,25,26,27);/q;+1/p-1. The Morgan fingerprint density at radius 1 is 0.621 bits per heavy atom. The van der Waals surface area contributed by atoms with Crippen LogP contribution in [-0.4, -0.2) is 29.4 Å². The third-order valence-electron chi connectivity index (χ3n) is 5.74. The number of hydrogen-bond donors (Lipinski definition) is 1. The summed E-state index contributed by atoms with van der Waals surface area (Å²) in [7, 11) is -4.15. The van der Waals surface area contributed by atoms with Crippen molar-refractivity contribution < 1.29 is 47.6 Å². The summed E-state index contributed by atoms with van der Waals surface area (Å²) in [5.41, 5.74) is 0. The van der Waals surface area contributed by atoms with Gasteiger partial charge in [0.2, 0.25) is 0 Å². The molecule has 0 aliphatic rings. The van der Waals surface area contributed by atoms with E-state index in [1.807, 2.05) is 0 Å². The third-order valence-corrected chi connectivity index (χ3v) is 7.03. The van der Waals surface area contributed by atoms with Gasteiger partial charge in [0.15, 0.2) is 0 Å². The molecule has 0 rings (SSSR count). The van der Waals surface area contributed by atoms with Crippen molar-refractivity contribution in [2.75, 3.05) is 0 Å². The van der Waals surface area contributed by atoms with E-state index >= 15 is 0 Å². The van der Waals surface area contributed by atoms with Gasteiger partial charge in [-0.2, -0.15) is 0 Å². The molecule has 2 atom stereocenters. The second-order valence-corrected chi connectivity index (χ2v) is 10.2. The predicted octanol–water partition coefficient (Wildman–Crippen LogP) is 3.72. The Labute approximate surface area is 204 Å². The van der Waals surface area contributed by atoms with Gasteiger partial charge in [-0.25, -0.2) is 8.42 Å². The van der Waals surface area contributed by atoms with Crippen LogP contribution in [0.15, 0.2) is 0 Å². The van der Waals surface area contributed by atoms with Gasteiger partial charge in [-0.3, -0.25) is 0 Å². The molecule has 0 fully saturated rings. The van der Waals surface area contributed by atoms with E-state index in [9.17, 15) is 18.1 Å². The van der Waals surface area contributed by atoms with Crippen molar-refractivity contribution in [3.8, 4) is 0 Å². The van der Waals surface area contributed by atoms with Gasteiger partial charge in [-0.1, -0.05) is 110 Å². The molecule has 170 valence electrons. The maximum Gasteiger partial charge on any atom is 1.00 e. The Morgan fingerprint density at radius 2 is 0.966 bits per heavy atom. The molecule has 0 radical (unpaired) electrons. The van der Waals surface area contributed by atoms with Gasteiger partial charge in [0, 0.05) is 5.25 Å². The van der Waals surface area contributed by atoms with Crippen LogP contribution in [0.5, 0.6) is 0 Å². The summed E-state index contributed by atoms with van der Waals surface area (Å²) in [5.74, 6) is 0. The maximum absolute atomic E-state index is 11.5. The molecule has 0 aliphatic carbocycles. The van der Waals surface area contributed by atoms with E-state index in [1.54, 1.807) is 0 Å². The second kappa shape index (κ2) is 22.1. The fourth-order valence-electron chi connectivity index (χ4n) is 3.81. The van der Waals surface area contributed by atoms with Crippen LogP contribution in [0.3, 0.4) is 0 Å². The Balaban J connectivity index is 0. The maximum atomic E-state index is 11.5. The van der Waals surface area contributed by atoms with Crippen molar-refractivity contribution in [2.45, 2.75) is 147 Å². The predicted molar refractivity (Wildman–Crippen MR) is 119 cm³/mol. The number of aliphatic hydroxyl groups excluding tert-OH is 1. The molecule has 0 bridgehead atoms. The summed E-state index contributed by atoms with van der Waals surface area (Å²) in [4.78, 5) is 0. The average molecular weight is 443 g/mol. The minimum atomic E-state index is -4.15. The first-order valence-electron chi connectivity index (χ1n) is 12.0. The molecule has 0 aliphatic heterocycles. The fourth-order valence-corrected chi connectivity index (χ4v) is 4.72. The average Bonchev–Trinajstić information content (AvgIpc) is 2.64. The first kappa shape index (κ1) is 32.1. The Hall–Kier alpha value is 0.870. The number of hydrogen-bond acceptors (Lipinski definition) is 4. The van der Waals surface area contributed by atoms with Gasteiger partial charge in [-0.05, 0) is 25.7 Å². The van der Waals surface area contributed by atoms with E-state index < -0.39 is 15.4 Å². The Bertz CT molecular complexity index is 429. The van der Waals surface area contributed by atoms with Gasteiger partial charge < -0.3 is 9.66 Å². The molecule has 0 saturated heterocycles. The second-order valence-electron chi connectivity index (χ2n) is 8.52. The van der Waals surface area contributed by atoms with Crippen LogP contribution in [0.4, 0.5) is 0 Å². The van der Waals surface area contributed by atoms with Crippen LogP contribution >= 0.6 is 0 Å². The van der Waals surface area contributed by atoms with E-state index in [2.05, 4.69) is 13.8 Å². The first-order chi connectivity index (χ1) is 13.4. The molecule has 4 nitrogen and oxygen atoms in total. The van der Waals surface area contributed by atoms with Crippen LogP contribution in [-0.2, 0) is 10.1 Å². The molecule has 0 spiro atoms. The van der Waals surface area contributed by atoms with Gasteiger partial charge in [0.1, 0.15) is 0 Å². The molecule has 0 saturated carbocycles. The molecule has 0 aromatic rings. The Morgan fingerprint density at radius 3 is 1.38 bits per heavy atom. The quantitative estimate of drug-likeness (QED) is 0.167. The normalized spacial score (nSPS) is 13.8. The molecule has 1 N–H and O–H groups in total. The van der Waals surface area contributed by atoms with Crippen LogP contribution in [0.25, 0.3) is 0 Å². The summed E-state index contributed by atoms with van der Waals surface area (Å²) in [6.45, 7) is 4.31. The van der Waals surface area contributed by atoms with Crippen molar-refractivity contribution in [3.63, 3.8) is 0 Å². The molecule has 6 heteroatoms. The van der Waals surface area contributed by atoms with Crippen molar-refractivity contribution in [3.05, 3.63) is 0 Å². The smallest absolute Gasteiger partial charge is 0.748 e. The largest absolute Gasteiger partial charge is 1.00 e. The summed E-state index contributed by atoms with van der Waals surface area (Å²) >= 11 is 0. The summed E-state index contributed by atoms with van der Waals surface area (Å²) in [6, 6.07) is 0. The number of rotatable bonds is 21. The molecule has 0 aromatic carbocycles. The van der Waals surface area contributed by atoms with Crippen molar-refractivity contribution in [2.24, 2.45) is 0 Å². The molecular weight excluding hydrogens is 395 g/mol. The van der Waals surface area contributed by atoms with E-state index in [0.717, 1.165) is 70.6 Å². The molecule has 0 heterocycles. The van der Waals surface area contributed by atoms with Gasteiger partial charge in [0.25, 0.3) is 0 Å². The van der Waals surface area contributed by atoms with E-state index in [1.165, 1.54) is 38.5 Å². The molecule has 29 heavy (non-hydrogen) atoms. The third kappa shape index (κ3) is 21.9. The van der Waals surface area contributed by atoms with Gasteiger partial charge in [-0.15, -0.1) is 0 Å². The summed E-state index contributed by atoms with van der Waals surface area (Å²) in [6.07, 6.45) is 19.4. The zero-order valence-corrected chi connectivity index (χ0v) is 22.5. The first-order valence-corrected chi connectivity index (χ1v) is 13.5. The van der Waals surface area contributed by atoms with Crippen molar-refractivity contribution in [1.29, 1.82) is 0 Å². The van der Waals surface area contributed by atoms with E-state index in [-0.39, 0.29) is 35.7 Å². The number of unbranched alkanes of at least 4 members (excludes halogenated alkanes) is 12.